The van der Waals surface area contributed by atoms with Crippen LogP contribution in [0.25, 0.3) is 17.1 Å². The molecule has 1 atom stereocenters. The lowest BCUT2D eigenvalue weighted by atomic mass is 10.0. The van der Waals surface area contributed by atoms with E-state index in [0.717, 1.165) is 11.6 Å². The normalized spacial score (nSPS) is 12.7. The SMILES string of the molecule is CC(C)C(c1nc2c(CC(=O)O)cccc2[nH]1)n1cc(C=CC(=O)NO)nn1. The number of para-hydroxylation sites is 1. The molecule has 146 valence electrons. The second kappa shape index (κ2) is 8.01. The zero-order valence-electron chi connectivity index (χ0n) is 15.3. The molecule has 3 aromatic rings. The predicted octanol–water partition coefficient (Wildman–Crippen LogP) is 1.55. The third kappa shape index (κ3) is 4.07. The number of carboxylic acid groups (broad SMARTS) is 1. The number of imidazole rings is 1. The summed E-state index contributed by atoms with van der Waals surface area (Å²) in [5, 5.41) is 25.8. The molecule has 1 unspecified atom stereocenters. The molecule has 0 saturated carbocycles. The topological polar surface area (TPSA) is 146 Å². The van der Waals surface area contributed by atoms with Crippen LogP contribution in [0.4, 0.5) is 0 Å². The number of amides is 1. The summed E-state index contributed by atoms with van der Waals surface area (Å²) < 4.78 is 1.63. The van der Waals surface area contributed by atoms with Crippen LogP contribution in [0.3, 0.4) is 0 Å². The minimum absolute atomic E-state index is 0.0998. The third-order valence-corrected chi connectivity index (χ3v) is 4.20. The van der Waals surface area contributed by atoms with Crippen LogP contribution < -0.4 is 5.48 Å². The Morgan fingerprint density at radius 2 is 2.14 bits per heavy atom. The van der Waals surface area contributed by atoms with Crippen molar-refractivity contribution in [2.24, 2.45) is 5.92 Å². The van der Waals surface area contributed by atoms with Crippen molar-refractivity contribution in [2.45, 2.75) is 26.3 Å². The van der Waals surface area contributed by atoms with E-state index in [1.54, 1.807) is 23.0 Å². The average Bonchev–Trinajstić information content (AvgIpc) is 3.27. The van der Waals surface area contributed by atoms with Gasteiger partial charge in [-0.3, -0.25) is 14.8 Å². The number of aliphatic carboxylic acids is 1. The summed E-state index contributed by atoms with van der Waals surface area (Å²) in [5.41, 5.74) is 3.94. The molecule has 0 saturated heterocycles. The number of H-pyrrole nitrogens is 1. The number of hydrogen-bond donors (Lipinski definition) is 4. The number of nitrogens with zero attached hydrogens (tertiary/aromatic N) is 4. The Morgan fingerprint density at radius 1 is 1.36 bits per heavy atom. The maximum absolute atomic E-state index is 11.1. The monoisotopic (exact) mass is 384 g/mol. The molecule has 1 aromatic carbocycles. The number of aromatic amines is 1. The second-order valence-corrected chi connectivity index (χ2v) is 6.63. The molecular weight excluding hydrogens is 364 g/mol. The second-order valence-electron chi connectivity index (χ2n) is 6.63. The Labute approximate surface area is 159 Å². The molecule has 0 aliphatic heterocycles. The van der Waals surface area contributed by atoms with E-state index in [9.17, 15) is 9.59 Å². The zero-order valence-corrected chi connectivity index (χ0v) is 15.3. The molecule has 0 fully saturated rings. The molecule has 10 nitrogen and oxygen atoms in total. The van der Waals surface area contributed by atoms with Gasteiger partial charge in [-0.05, 0) is 23.6 Å². The first kappa shape index (κ1) is 19.2. The summed E-state index contributed by atoms with van der Waals surface area (Å²) in [6.07, 6.45) is 4.12. The Balaban J connectivity index is 1.97. The van der Waals surface area contributed by atoms with Crippen molar-refractivity contribution in [3.63, 3.8) is 0 Å². The Bertz CT molecular complexity index is 1040. The number of hydrogen-bond acceptors (Lipinski definition) is 6. The van der Waals surface area contributed by atoms with Gasteiger partial charge in [-0.2, -0.15) is 0 Å². The minimum atomic E-state index is -0.919. The number of carbonyl (C=O) groups excluding carboxylic acids is 1. The molecule has 10 heteroatoms. The number of carbonyl (C=O) groups is 2. The van der Waals surface area contributed by atoms with Crippen LogP contribution in [0.5, 0.6) is 0 Å². The highest BCUT2D eigenvalue weighted by Crippen LogP contribution is 2.27. The van der Waals surface area contributed by atoms with Crippen LogP contribution in [0.2, 0.25) is 0 Å². The molecule has 2 heterocycles. The van der Waals surface area contributed by atoms with E-state index in [1.807, 2.05) is 19.9 Å². The van der Waals surface area contributed by atoms with Crippen molar-refractivity contribution >= 4 is 29.0 Å². The molecular formula is C18H20N6O4. The fourth-order valence-electron chi connectivity index (χ4n) is 3.00. The van der Waals surface area contributed by atoms with Gasteiger partial charge in [-0.25, -0.2) is 15.1 Å². The van der Waals surface area contributed by atoms with Gasteiger partial charge >= 0.3 is 5.97 Å². The van der Waals surface area contributed by atoms with Gasteiger partial charge in [0.15, 0.2) is 0 Å². The molecule has 0 radical (unpaired) electrons. The third-order valence-electron chi connectivity index (χ3n) is 4.20. The van der Waals surface area contributed by atoms with Crippen molar-refractivity contribution < 1.29 is 19.9 Å². The summed E-state index contributed by atoms with van der Waals surface area (Å²) in [6, 6.07) is 5.11. The summed E-state index contributed by atoms with van der Waals surface area (Å²) in [5.74, 6) is -0.852. The van der Waals surface area contributed by atoms with Gasteiger partial charge in [0.05, 0.1) is 23.7 Å². The molecule has 0 spiro atoms. The number of rotatable bonds is 7. The van der Waals surface area contributed by atoms with Gasteiger partial charge < -0.3 is 10.1 Å². The van der Waals surface area contributed by atoms with Gasteiger partial charge in [0.25, 0.3) is 5.91 Å². The molecule has 0 aliphatic carbocycles. The number of aromatic nitrogens is 5. The number of fused-ring (bicyclic) bond motifs is 1. The number of carboxylic acids is 1. The van der Waals surface area contributed by atoms with Crippen molar-refractivity contribution in [1.29, 1.82) is 0 Å². The van der Waals surface area contributed by atoms with Crippen LogP contribution in [0.15, 0.2) is 30.5 Å². The summed E-state index contributed by atoms with van der Waals surface area (Å²) in [7, 11) is 0. The molecule has 0 aliphatic rings. The molecule has 0 bridgehead atoms. The number of benzene rings is 1. The first-order valence-corrected chi connectivity index (χ1v) is 8.62. The van der Waals surface area contributed by atoms with Gasteiger partial charge in [-0.1, -0.05) is 31.2 Å². The average molecular weight is 384 g/mol. The Kier molecular flexibility index (Phi) is 5.50. The Hall–Kier alpha value is -3.53. The minimum Gasteiger partial charge on any atom is -0.481 e. The van der Waals surface area contributed by atoms with E-state index in [2.05, 4.69) is 20.3 Å². The highest BCUT2D eigenvalue weighted by molar-refractivity contribution is 5.90. The van der Waals surface area contributed by atoms with Gasteiger partial charge in [0, 0.05) is 6.08 Å². The molecule has 1 amide bonds. The highest BCUT2D eigenvalue weighted by Gasteiger charge is 2.24. The van der Waals surface area contributed by atoms with Crippen LogP contribution in [0.1, 0.15) is 37.0 Å². The van der Waals surface area contributed by atoms with E-state index < -0.39 is 11.9 Å². The highest BCUT2D eigenvalue weighted by atomic mass is 16.5. The van der Waals surface area contributed by atoms with Crippen LogP contribution in [0, 0.1) is 5.92 Å². The van der Waals surface area contributed by atoms with E-state index in [-0.39, 0.29) is 18.4 Å². The first-order chi connectivity index (χ1) is 13.4. The fraction of sp³-hybridized carbons (Fsp3) is 0.278. The van der Waals surface area contributed by atoms with Crippen LogP contribution in [-0.4, -0.2) is 47.2 Å². The lowest BCUT2D eigenvalue weighted by Crippen LogP contribution is -2.18. The predicted molar refractivity (Wildman–Crippen MR) is 99.4 cm³/mol. The molecule has 2 aromatic heterocycles. The van der Waals surface area contributed by atoms with Crippen molar-refractivity contribution in [1.82, 2.24) is 30.4 Å². The van der Waals surface area contributed by atoms with Gasteiger partial charge in [0.2, 0.25) is 0 Å². The number of nitrogens with one attached hydrogen (secondary N) is 2. The maximum Gasteiger partial charge on any atom is 0.307 e. The Morgan fingerprint density at radius 3 is 2.82 bits per heavy atom. The van der Waals surface area contributed by atoms with E-state index in [1.165, 1.54) is 11.6 Å². The lowest BCUT2D eigenvalue weighted by Gasteiger charge is -2.18. The number of hydroxylamine groups is 1. The quantitative estimate of drug-likeness (QED) is 0.274. The summed E-state index contributed by atoms with van der Waals surface area (Å²) in [4.78, 5) is 30.1. The zero-order chi connectivity index (χ0) is 20.3. The van der Waals surface area contributed by atoms with E-state index >= 15 is 0 Å². The fourth-order valence-corrected chi connectivity index (χ4v) is 3.00. The van der Waals surface area contributed by atoms with Crippen molar-refractivity contribution in [3.05, 3.63) is 47.6 Å². The van der Waals surface area contributed by atoms with Crippen LogP contribution >= 0.6 is 0 Å². The maximum atomic E-state index is 11.1. The molecule has 28 heavy (non-hydrogen) atoms. The van der Waals surface area contributed by atoms with E-state index in [0.29, 0.717) is 22.6 Å². The standard InChI is InChI=1S/C18H20N6O4/c1-10(2)17(24-9-12(21-23-24)6-7-14(25)22-28)18-19-13-5-3-4-11(8-15(26)27)16(13)20-18/h3-7,9-10,17,28H,8H2,1-2H3,(H,19,20)(H,22,25)(H,26,27). The van der Waals surface area contributed by atoms with Crippen LogP contribution in [-0.2, 0) is 16.0 Å². The lowest BCUT2D eigenvalue weighted by molar-refractivity contribution is -0.136. The van der Waals surface area contributed by atoms with Crippen molar-refractivity contribution in [2.75, 3.05) is 0 Å². The smallest absolute Gasteiger partial charge is 0.307 e. The first-order valence-electron chi connectivity index (χ1n) is 8.62. The van der Waals surface area contributed by atoms with Crippen molar-refractivity contribution in [3.8, 4) is 0 Å². The van der Waals surface area contributed by atoms with E-state index in [4.69, 9.17) is 10.3 Å². The molecule has 3 rings (SSSR count). The van der Waals surface area contributed by atoms with Gasteiger partial charge in [0.1, 0.15) is 17.6 Å². The summed E-state index contributed by atoms with van der Waals surface area (Å²) >= 11 is 0. The largest absolute Gasteiger partial charge is 0.481 e. The van der Waals surface area contributed by atoms with Gasteiger partial charge in [-0.15, -0.1) is 5.10 Å². The summed E-state index contributed by atoms with van der Waals surface area (Å²) in [6.45, 7) is 4.01. The molecule has 4 N–H and O–H groups in total.